The summed E-state index contributed by atoms with van der Waals surface area (Å²) in [5.74, 6) is 0.954. The molecule has 0 heterocycles. The van der Waals surface area contributed by atoms with Crippen molar-refractivity contribution in [3.63, 3.8) is 0 Å². The Labute approximate surface area is 101 Å². The highest BCUT2D eigenvalue weighted by Gasteiger charge is 2.39. The summed E-state index contributed by atoms with van der Waals surface area (Å²) in [6, 6.07) is 0.785. The van der Waals surface area contributed by atoms with Crippen LogP contribution in [-0.4, -0.2) is 13.1 Å². The van der Waals surface area contributed by atoms with E-state index in [1.54, 1.807) is 0 Å². The Bertz CT molecular complexity index is 197. The van der Waals surface area contributed by atoms with Gasteiger partial charge in [0.15, 0.2) is 0 Å². The highest BCUT2D eigenvalue weighted by Crippen LogP contribution is 2.45. The minimum Gasteiger partial charge on any atom is -0.316 e. The Kier molecular flexibility index (Phi) is 4.29. The van der Waals surface area contributed by atoms with E-state index in [-0.39, 0.29) is 0 Å². The summed E-state index contributed by atoms with van der Waals surface area (Å²) in [4.78, 5) is 0. The molecule has 1 unspecified atom stereocenters. The molecule has 2 aliphatic rings. The van der Waals surface area contributed by atoms with Gasteiger partial charge in [-0.1, -0.05) is 45.4 Å². The molecule has 2 aliphatic carbocycles. The van der Waals surface area contributed by atoms with Crippen molar-refractivity contribution in [1.29, 1.82) is 0 Å². The maximum atomic E-state index is 3.68. The van der Waals surface area contributed by atoms with Crippen LogP contribution in [0.3, 0.4) is 0 Å². The average Bonchev–Trinajstić information content (AvgIpc) is 2.54. The van der Waals surface area contributed by atoms with Crippen LogP contribution in [0.4, 0.5) is 0 Å². The number of hydrogen-bond acceptors (Lipinski definition) is 1. The molecule has 0 amide bonds. The van der Waals surface area contributed by atoms with Crippen LogP contribution in [0.15, 0.2) is 0 Å². The fourth-order valence-electron chi connectivity index (χ4n) is 4.29. The quantitative estimate of drug-likeness (QED) is 0.710. The van der Waals surface area contributed by atoms with Crippen LogP contribution in [0, 0.1) is 11.3 Å². The van der Waals surface area contributed by atoms with Crippen LogP contribution in [0.2, 0.25) is 0 Å². The van der Waals surface area contributed by atoms with E-state index in [4.69, 9.17) is 0 Å². The van der Waals surface area contributed by atoms with Crippen LogP contribution < -0.4 is 5.32 Å². The van der Waals surface area contributed by atoms with Gasteiger partial charge >= 0.3 is 0 Å². The Balaban J connectivity index is 2.02. The minimum absolute atomic E-state index is 0.601. The van der Waals surface area contributed by atoms with Gasteiger partial charge in [-0.2, -0.15) is 0 Å². The van der Waals surface area contributed by atoms with Crippen molar-refractivity contribution in [3.05, 3.63) is 0 Å². The first-order valence-corrected chi connectivity index (χ1v) is 7.43. The lowest BCUT2D eigenvalue weighted by Gasteiger charge is -2.39. The maximum absolute atomic E-state index is 3.68. The van der Waals surface area contributed by atoms with Crippen molar-refractivity contribution in [2.24, 2.45) is 11.3 Å². The topological polar surface area (TPSA) is 12.0 Å². The summed E-state index contributed by atoms with van der Waals surface area (Å²) in [7, 11) is 2.19. The van der Waals surface area contributed by atoms with E-state index >= 15 is 0 Å². The predicted octanol–water partition coefficient (Wildman–Crippen LogP) is 4.13. The predicted molar refractivity (Wildman–Crippen MR) is 70.6 cm³/mol. The van der Waals surface area contributed by atoms with Crippen molar-refractivity contribution >= 4 is 0 Å². The van der Waals surface area contributed by atoms with E-state index in [0.29, 0.717) is 5.41 Å². The fourth-order valence-corrected chi connectivity index (χ4v) is 4.29. The van der Waals surface area contributed by atoms with Crippen LogP contribution in [0.1, 0.15) is 71.1 Å². The van der Waals surface area contributed by atoms with Crippen molar-refractivity contribution in [1.82, 2.24) is 5.32 Å². The Hall–Kier alpha value is -0.0400. The second-order valence-corrected chi connectivity index (χ2v) is 6.38. The number of nitrogens with one attached hydrogen (secondary N) is 1. The van der Waals surface area contributed by atoms with Crippen LogP contribution in [0.5, 0.6) is 0 Å². The summed E-state index contributed by atoms with van der Waals surface area (Å²) >= 11 is 0. The maximum Gasteiger partial charge on any atom is 0.0146 e. The normalized spacial score (nSPS) is 28.9. The lowest BCUT2D eigenvalue weighted by atomic mass is 9.72. The first-order valence-electron chi connectivity index (χ1n) is 7.43. The van der Waals surface area contributed by atoms with Gasteiger partial charge in [0.1, 0.15) is 0 Å². The molecular weight excluding hydrogens is 194 g/mol. The molecule has 94 valence electrons. The van der Waals surface area contributed by atoms with Gasteiger partial charge in [-0.15, -0.1) is 0 Å². The second-order valence-electron chi connectivity index (χ2n) is 6.38. The first-order chi connectivity index (χ1) is 7.76. The molecule has 0 saturated heterocycles. The van der Waals surface area contributed by atoms with Gasteiger partial charge in [0, 0.05) is 6.04 Å². The summed E-state index contributed by atoms with van der Waals surface area (Å²) in [5, 5.41) is 3.68. The largest absolute Gasteiger partial charge is 0.316 e. The Morgan fingerprint density at radius 1 is 0.938 bits per heavy atom. The van der Waals surface area contributed by atoms with E-state index in [9.17, 15) is 0 Å². The van der Waals surface area contributed by atoms with Crippen molar-refractivity contribution in [2.45, 2.75) is 77.2 Å². The van der Waals surface area contributed by atoms with E-state index in [1.165, 1.54) is 64.2 Å². The molecular formula is C15H29N. The van der Waals surface area contributed by atoms with Crippen LogP contribution >= 0.6 is 0 Å². The standard InChI is InChI=1S/C15H29N/c1-15(11-7-8-12-15)14(16-2)13-9-5-3-4-6-10-13/h13-14,16H,3-12H2,1-2H3. The molecule has 0 aliphatic heterocycles. The average molecular weight is 223 g/mol. The highest BCUT2D eigenvalue weighted by molar-refractivity contribution is 4.94. The van der Waals surface area contributed by atoms with Gasteiger partial charge in [0.25, 0.3) is 0 Å². The molecule has 2 saturated carbocycles. The molecule has 0 spiro atoms. The Morgan fingerprint density at radius 2 is 1.50 bits per heavy atom. The smallest absolute Gasteiger partial charge is 0.0146 e. The molecule has 0 aromatic heterocycles. The van der Waals surface area contributed by atoms with Gasteiger partial charge in [-0.25, -0.2) is 0 Å². The van der Waals surface area contributed by atoms with Crippen LogP contribution in [0.25, 0.3) is 0 Å². The van der Waals surface area contributed by atoms with E-state index < -0.39 is 0 Å². The van der Waals surface area contributed by atoms with E-state index in [2.05, 4.69) is 19.3 Å². The first kappa shape index (κ1) is 12.4. The summed E-state index contributed by atoms with van der Waals surface area (Å²) in [6.07, 6.45) is 14.7. The molecule has 2 rings (SSSR count). The zero-order chi connectivity index (χ0) is 11.4. The molecule has 2 fully saturated rings. The third-order valence-corrected chi connectivity index (χ3v) is 5.18. The summed E-state index contributed by atoms with van der Waals surface area (Å²) < 4.78 is 0. The van der Waals surface area contributed by atoms with E-state index in [0.717, 1.165) is 12.0 Å². The van der Waals surface area contributed by atoms with Crippen molar-refractivity contribution in [3.8, 4) is 0 Å². The molecule has 1 nitrogen and oxygen atoms in total. The number of rotatable bonds is 3. The van der Waals surface area contributed by atoms with Crippen molar-refractivity contribution < 1.29 is 0 Å². The van der Waals surface area contributed by atoms with Crippen LogP contribution in [-0.2, 0) is 0 Å². The SMILES string of the molecule is CNC(C1CCCCCC1)C1(C)CCCC1. The highest BCUT2D eigenvalue weighted by atomic mass is 14.9. The molecule has 1 heteroatoms. The molecule has 0 bridgehead atoms. The molecule has 0 aromatic carbocycles. The van der Waals surface area contributed by atoms with Crippen molar-refractivity contribution in [2.75, 3.05) is 7.05 Å². The molecule has 1 N–H and O–H groups in total. The fraction of sp³-hybridized carbons (Fsp3) is 1.00. The zero-order valence-electron chi connectivity index (χ0n) is 11.2. The minimum atomic E-state index is 0.601. The molecule has 16 heavy (non-hydrogen) atoms. The van der Waals surface area contributed by atoms with Gasteiger partial charge in [-0.3, -0.25) is 0 Å². The summed E-state index contributed by atoms with van der Waals surface area (Å²) in [5.41, 5.74) is 0.601. The Morgan fingerprint density at radius 3 is 2.00 bits per heavy atom. The lowest BCUT2D eigenvalue weighted by Crippen LogP contribution is -2.45. The zero-order valence-corrected chi connectivity index (χ0v) is 11.2. The van der Waals surface area contributed by atoms with Gasteiger partial charge in [0.05, 0.1) is 0 Å². The van der Waals surface area contributed by atoms with Gasteiger partial charge < -0.3 is 5.32 Å². The monoisotopic (exact) mass is 223 g/mol. The second kappa shape index (κ2) is 5.53. The third-order valence-electron chi connectivity index (χ3n) is 5.18. The lowest BCUT2D eigenvalue weighted by molar-refractivity contribution is 0.155. The molecule has 1 atom stereocenters. The molecule has 0 radical (unpaired) electrons. The van der Waals surface area contributed by atoms with Gasteiger partial charge in [-0.05, 0) is 44.1 Å². The number of hydrogen-bond donors (Lipinski definition) is 1. The summed E-state index contributed by atoms with van der Waals surface area (Å²) in [6.45, 7) is 2.53. The third kappa shape index (κ3) is 2.61. The molecule has 0 aromatic rings. The van der Waals surface area contributed by atoms with E-state index in [1.807, 2.05) is 0 Å². The van der Waals surface area contributed by atoms with Gasteiger partial charge in [0.2, 0.25) is 0 Å².